The lowest BCUT2D eigenvalue weighted by Crippen LogP contribution is -2.34. The Kier molecular flexibility index (Phi) is 5.22. The molecule has 86 valence electrons. The van der Waals surface area contributed by atoms with Crippen LogP contribution in [0.2, 0.25) is 0 Å². The Balaban J connectivity index is 3.85. The molecule has 0 aliphatic heterocycles. The molecule has 0 fully saturated rings. The van der Waals surface area contributed by atoms with Gasteiger partial charge in [-0.3, -0.25) is 0 Å². The van der Waals surface area contributed by atoms with Crippen LogP contribution in [0.5, 0.6) is 0 Å². The highest BCUT2D eigenvalue weighted by Crippen LogP contribution is 2.24. The zero-order chi connectivity index (χ0) is 11.4. The van der Waals surface area contributed by atoms with Crippen LogP contribution >= 0.6 is 12.6 Å². The predicted octanol–water partition coefficient (Wildman–Crippen LogP) is 2.86. The average Bonchev–Trinajstić information content (AvgIpc) is 2.03. The van der Waals surface area contributed by atoms with Gasteiger partial charge in [0.05, 0.1) is 6.61 Å². The summed E-state index contributed by atoms with van der Waals surface area (Å²) in [6.07, 6.45) is -3.68. The van der Waals surface area contributed by atoms with Crippen molar-refractivity contribution in [3.8, 4) is 0 Å². The van der Waals surface area contributed by atoms with Gasteiger partial charge in [0.1, 0.15) is 6.61 Å². The zero-order valence-corrected chi connectivity index (χ0v) is 8.96. The van der Waals surface area contributed by atoms with Gasteiger partial charge in [-0.15, -0.1) is 0 Å². The highest BCUT2D eigenvalue weighted by Gasteiger charge is 2.41. The summed E-state index contributed by atoms with van der Waals surface area (Å²) in [4.78, 5) is 0. The molecule has 0 saturated heterocycles. The van der Waals surface area contributed by atoms with E-state index in [4.69, 9.17) is 0 Å². The van der Waals surface area contributed by atoms with E-state index in [1.165, 1.54) is 0 Å². The van der Waals surface area contributed by atoms with Crippen molar-refractivity contribution in [1.29, 1.82) is 0 Å². The first-order valence-corrected chi connectivity index (χ1v) is 4.69. The predicted molar refractivity (Wildman–Crippen MR) is 49.4 cm³/mol. The standard InChI is InChI=1S/C8H14F4OS/c1-7(2,5-14)3-13-4-8(11,12)6(9)10/h6,14H,3-5H2,1-2H3. The number of alkyl halides is 4. The summed E-state index contributed by atoms with van der Waals surface area (Å²) >= 11 is 3.97. The molecule has 0 N–H and O–H groups in total. The van der Waals surface area contributed by atoms with Crippen LogP contribution in [-0.4, -0.2) is 31.3 Å². The Morgan fingerprint density at radius 3 is 2.07 bits per heavy atom. The SMILES string of the molecule is CC(C)(CS)COCC(F)(F)C(F)F. The van der Waals surface area contributed by atoms with Crippen molar-refractivity contribution in [2.75, 3.05) is 19.0 Å². The molecule has 0 aromatic heterocycles. The number of hydrogen-bond acceptors (Lipinski definition) is 2. The molecule has 14 heavy (non-hydrogen) atoms. The molecule has 0 aliphatic carbocycles. The number of rotatable bonds is 6. The van der Waals surface area contributed by atoms with Gasteiger partial charge in [0.15, 0.2) is 0 Å². The van der Waals surface area contributed by atoms with Crippen LogP contribution in [-0.2, 0) is 4.74 Å². The molecule has 0 unspecified atom stereocenters. The van der Waals surface area contributed by atoms with Gasteiger partial charge in [0.25, 0.3) is 0 Å². The summed E-state index contributed by atoms with van der Waals surface area (Å²) in [7, 11) is 0. The molecule has 0 aliphatic rings. The van der Waals surface area contributed by atoms with Crippen molar-refractivity contribution in [2.45, 2.75) is 26.2 Å². The number of thiol groups is 1. The summed E-state index contributed by atoms with van der Waals surface area (Å²) in [5.74, 6) is -3.63. The van der Waals surface area contributed by atoms with Crippen molar-refractivity contribution >= 4 is 12.6 Å². The summed E-state index contributed by atoms with van der Waals surface area (Å²) in [6, 6.07) is 0. The Morgan fingerprint density at radius 2 is 1.71 bits per heavy atom. The maximum Gasteiger partial charge on any atom is 0.330 e. The second-order valence-electron chi connectivity index (χ2n) is 3.88. The first kappa shape index (κ1) is 14.0. The molecule has 0 heterocycles. The van der Waals surface area contributed by atoms with Crippen molar-refractivity contribution in [3.05, 3.63) is 0 Å². The smallest absolute Gasteiger partial charge is 0.330 e. The minimum absolute atomic E-state index is 0.0151. The van der Waals surface area contributed by atoms with Crippen molar-refractivity contribution in [1.82, 2.24) is 0 Å². The molecule has 0 aromatic rings. The molecule has 0 bridgehead atoms. The average molecular weight is 234 g/mol. The maximum absolute atomic E-state index is 12.3. The zero-order valence-electron chi connectivity index (χ0n) is 8.07. The first-order chi connectivity index (χ1) is 6.21. The van der Waals surface area contributed by atoms with Crippen molar-refractivity contribution < 1.29 is 22.3 Å². The quantitative estimate of drug-likeness (QED) is 0.549. The fourth-order valence-electron chi connectivity index (χ4n) is 0.572. The molecule has 0 amide bonds. The Labute approximate surface area is 86.2 Å². The van der Waals surface area contributed by atoms with Crippen LogP contribution < -0.4 is 0 Å². The van der Waals surface area contributed by atoms with Crippen molar-refractivity contribution in [3.63, 3.8) is 0 Å². The topological polar surface area (TPSA) is 9.23 Å². The third-order valence-electron chi connectivity index (χ3n) is 1.53. The van der Waals surface area contributed by atoms with Crippen LogP contribution in [0, 0.1) is 5.41 Å². The van der Waals surface area contributed by atoms with E-state index in [2.05, 4.69) is 17.4 Å². The van der Waals surface area contributed by atoms with E-state index < -0.39 is 19.0 Å². The van der Waals surface area contributed by atoms with Gasteiger partial charge in [-0.05, 0) is 11.2 Å². The van der Waals surface area contributed by atoms with Crippen LogP contribution in [0.3, 0.4) is 0 Å². The monoisotopic (exact) mass is 234 g/mol. The molecular formula is C8H14F4OS. The molecule has 0 rings (SSSR count). The Morgan fingerprint density at radius 1 is 1.21 bits per heavy atom. The normalized spacial score (nSPS) is 13.7. The highest BCUT2D eigenvalue weighted by atomic mass is 32.1. The van der Waals surface area contributed by atoms with E-state index in [0.29, 0.717) is 5.75 Å². The number of halogens is 4. The van der Waals surface area contributed by atoms with Gasteiger partial charge >= 0.3 is 12.3 Å². The highest BCUT2D eigenvalue weighted by molar-refractivity contribution is 7.80. The molecule has 0 saturated carbocycles. The summed E-state index contributed by atoms with van der Waals surface area (Å²) in [5.41, 5.74) is -0.388. The lowest BCUT2D eigenvalue weighted by atomic mass is 9.98. The maximum atomic E-state index is 12.3. The second-order valence-corrected chi connectivity index (χ2v) is 4.19. The number of hydrogen-bond donors (Lipinski definition) is 1. The second kappa shape index (κ2) is 5.21. The molecular weight excluding hydrogens is 220 g/mol. The van der Waals surface area contributed by atoms with Gasteiger partial charge in [-0.25, -0.2) is 8.78 Å². The van der Waals surface area contributed by atoms with Crippen LogP contribution in [0.25, 0.3) is 0 Å². The van der Waals surface area contributed by atoms with Crippen LogP contribution in [0.1, 0.15) is 13.8 Å². The van der Waals surface area contributed by atoms with Gasteiger partial charge in [-0.2, -0.15) is 21.4 Å². The molecule has 0 radical (unpaired) electrons. The van der Waals surface area contributed by atoms with E-state index in [9.17, 15) is 17.6 Å². The minimum atomic E-state index is -4.06. The van der Waals surface area contributed by atoms with E-state index >= 15 is 0 Å². The lowest BCUT2D eigenvalue weighted by Gasteiger charge is -2.23. The van der Waals surface area contributed by atoms with Gasteiger partial charge in [-0.1, -0.05) is 13.8 Å². The van der Waals surface area contributed by atoms with Crippen molar-refractivity contribution in [2.24, 2.45) is 5.41 Å². The van der Waals surface area contributed by atoms with Crippen LogP contribution in [0.15, 0.2) is 0 Å². The van der Waals surface area contributed by atoms with E-state index in [1.807, 2.05) is 0 Å². The van der Waals surface area contributed by atoms with Gasteiger partial charge in [0, 0.05) is 0 Å². The molecule has 0 spiro atoms. The van der Waals surface area contributed by atoms with E-state index in [0.717, 1.165) is 0 Å². The minimum Gasteiger partial charge on any atom is -0.374 e. The lowest BCUT2D eigenvalue weighted by molar-refractivity contribution is -0.170. The van der Waals surface area contributed by atoms with Gasteiger partial charge in [0.2, 0.25) is 0 Å². The third-order valence-corrected chi connectivity index (χ3v) is 2.39. The molecule has 0 atom stereocenters. The Bertz CT molecular complexity index is 173. The van der Waals surface area contributed by atoms with Crippen LogP contribution in [0.4, 0.5) is 17.6 Å². The van der Waals surface area contributed by atoms with Gasteiger partial charge < -0.3 is 4.74 Å². The van der Waals surface area contributed by atoms with E-state index in [-0.39, 0.29) is 12.0 Å². The Hall–Kier alpha value is 0.0300. The largest absolute Gasteiger partial charge is 0.374 e. The third kappa shape index (κ3) is 5.05. The molecule has 0 aromatic carbocycles. The molecule has 6 heteroatoms. The summed E-state index contributed by atoms with van der Waals surface area (Å²) in [5, 5.41) is 0. The fourth-order valence-corrected chi connectivity index (χ4v) is 0.663. The molecule has 1 nitrogen and oxygen atoms in total. The first-order valence-electron chi connectivity index (χ1n) is 4.06. The fraction of sp³-hybridized carbons (Fsp3) is 1.00. The summed E-state index contributed by atoms with van der Waals surface area (Å²) in [6.45, 7) is 2.24. The van der Waals surface area contributed by atoms with E-state index in [1.54, 1.807) is 13.8 Å². The number of ether oxygens (including phenoxy) is 1. The summed E-state index contributed by atoms with van der Waals surface area (Å²) < 4.78 is 52.5.